The van der Waals surface area contributed by atoms with Crippen LogP contribution in [0.5, 0.6) is 5.75 Å². The molecular formula is C31H49FO2Si. The van der Waals surface area contributed by atoms with E-state index in [4.69, 9.17) is 4.74 Å². The molecule has 0 aliphatic heterocycles. The van der Waals surface area contributed by atoms with Gasteiger partial charge in [-0.25, -0.2) is 4.39 Å². The summed E-state index contributed by atoms with van der Waals surface area (Å²) >= 11 is 0. The molecule has 0 spiro atoms. The zero-order chi connectivity index (χ0) is 24.8. The Kier molecular flexibility index (Phi) is 9.89. The number of carbonyl (C=O) groups is 1. The molecule has 0 amide bonds. The molecule has 0 N–H and O–H groups in total. The first kappa shape index (κ1) is 26.9. The Balaban J connectivity index is 1.14. The summed E-state index contributed by atoms with van der Waals surface area (Å²) in [6.45, 7) is 6.06. The van der Waals surface area contributed by atoms with Gasteiger partial charge in [0.1, 0.15) is 0 Å². The van der Waals surface area contributed by atoms with Crippen LogP contribution in [-0.2, 0) is 4.79 Å². The van der Waals surface area contributed by atoms with Gasteiger partial charge in [0.2, 0.25) is 0 Å². The zero-order valence-corrected chi connectivity index (χ0v) is 24.0. The van der Waals surface area contributed by atoms with E-state index in [1.165, 1.54) is 63.5 Å². The van der Waals surface area contributed by atoms with Gasteiger partial charge in [0, 0.05) is 9.52 Å². The Morgan fingerprint density at radius 3 is 1.94 bits per heavy atom. The maximum atomic E-state index is 14.3. The highest BCUT2D eigenvalue weighted by atomic mass is 28.2. The molecule has 4 heteroatoms. The van der Waals surface area contributed by atoms with Gasteiger partial charge in [-0.15, -0.1) is 0 Å². The van der Waals surface area contributed by atoms with Crippen molar-refractivity contribution in [3.05, 3.63) is 29.1 Å². The van der Waals surface area contributed by atoms with Crippen molar-refractivity contribution in [3.8, 4) is 5.75 Å². The molecule has 1 aromatic rings. The largest absolute Gasteiger partial charge is 0.423 e. The van der Waals surface area contributed by atoms with E-state index >= 15 is 0 Å². The lowest BCUT2D eigenvalue weighted by atomic mass is 9.68. The summed E-state index contributed by atoms with van der Waals surface area (Å²) in [5.74, 6) is 3.02. The van der Waals surface area contributed by atoms with E-state index in [1.54, 1.807) is 12.8 Å². The second kappa shape index (κ2) is 12.9. The van der Waals surface area contributed by atoms with E-state index in [-0.39, 0.29) is 27.2 Å². The van der Waals surface area contributed by atoms with Gasteiger partial charge in [0.15, 0.2) is 11.6 Å². The molecule has 3 fully saturated rings. The van der Waals surface area contributed by atoms with Crippen LogP contribution >= 0.6 is 0 Å². The van der Waals surface area contributed by atoms with Gasteiger partial charge in [-0.3, -0.25) is 4.79 Å². The first-order valence-electron chi connectivity index (χ1n) is 14.9. The Morgan fingerprint density at radius 2 is 1.40 bits per heavy atom. The number of aryl methyl sites for hydroxylation is 2. The van der Waals surface area contributed by atoms with E-state index in [0.717, 1.165) is 60.5 Å². The predicted molar refractivity (Wildman–Crippen MR) is 146 cm³/mol. The summed E-state index contributed by atoms with van der Waals surface area (Å²) in [7, 11) is 0.237. The lowest BCUT2D eigenvalue weighted by Gasteiger charge is -2.38. The van der Waals surface area contributed by atoms with Crippen molar-refractivity contribution >= 4 is 15.5 Å². The first-order chi connectivity index (χ1) is 16.9. The molecule has 3 aliphatic rings. The molecule has 0 saturated heterocycles. The predicted octanol–water partition coefficient (Wildman–Crippen LogP) is 8.33. The second-order valence-corrected chi connectivity index (χ2v) is 15.2. The van der Waals surface area contributed by atoms with Gasteiger partial charge in [0.25, 0.3) is 0 Å². The van der Waals surface area contributed by atoms with Crippen molar-refractivity contribution in [1.82, 2.24) is 0 Å². The van der Waals surface area contributed by atoms with Crippen LogP contribution in [0.3, 0.4) is 0 Å². The molecule has 0 heterocycles. The Labute approximate surface area is 216 Å². The quantitative estimate of drug-likeness (QED) is 0.204. The van der Waals surface area contributed by atoms with Crippen LogP contribution in [0.25, 0.3) is 0 Å². The maximum absolute atomic E-state index is 14.3. The minimum atomic E-state index is -0.424. The molecule has 3 saturated carbocycles. The third kappa shape index (κ3) is 7.43. The summed E-state index contributed by atoms with van der Waals surface area (Å²) in [6, 6.07) is 4.82. The monoisotopic (exact) mass is 500 g/mol. The molecule has 196 valence electrons. The van der Waals surface area contributed by atoms with E-state index in [9.17, 15) is 9.18 Å². The van der Waals surface area contributed by atoms with Gasteiger partial charge < -0.3 is 4.74 Å². The van der Waals surface area contributed by atoms with Gasteiger partial charge in [-0.05, 0) is 93.2 Å². The van der Waals surface area contributed by atoms with Crippen LogP contribution < -0.4 is 4.74 Å². The molecule has 3 aliphatic carbocycles. The second-order valence-electron chi connectivity index (χ2n) is 12.5. The molecule has 1 aromatic carbocycles. The number of hydrogen-bond acceptors (Lipinski definition) is 2. The number of benzene rings is 1. The lowest BCUT2D eigenvalue weighted by molar-refractivity contribution is -0.140. The lowest BCUT2D eigenvalue weighted by Crippen LogP contribution is -2.30. The minimum absolute atomic E-state index is 0.0715. The summed E-state index contributed by atoms with van der Waals surface area (Å²) in [5, 5.41) is 0. The molecule has 0 atom stereocenters. The molecule has 0 aromatic heterocycles. The Bertz CT molecular complexity index is 792. The van der Waals surface area contributed by atoms with Crippen molar-refractivity contribution < 1.29 is 13.9 Å². The number of halogens is 1. The van der Waals surface area contributed by atoms with Crippen LogP contribution in [0, 0.1) is 49.3 Å². The number of hydrogen-bond donors (Lipinski definition) is 0. The maximum Gasteiger partial charge on any atom is 0.314 e. The number of ether oxygens (including phenoxy) is 1. The van der Waals surface area contributed by atoms with Crippen molar-refractivity contribution in [3.63, 3.8) is 0 Å². The van der Waals surface area contributed by atoms with Gasteiger partial charge >= 0.3 is 5.97 Å². The van der Waals surface area contributed by atoms with Crippen molar-refractivity contribution in [2.45, 2.75) is 122 Å². The molecular weight excluding hydrogens is 451 g/mol. The van der Waals surface area contributed by atoms with Crippen molar-refractivity contribution in [1.29, 1.82) is 0 Å². The van der Waals surface area contributed by atoms with Gasteiger partial charge in [-0.1, -0.05) is 75.9 Å². The fraction of sp³-hybridized carbons (Fsp3) is 0.774. The van der Waals surface area contributed by atoms with Crippen molar-refractivity contribution in [2.75, 3.05) is 0 Å². The van der Waals surface area contributed by atoms with Crippen LogP contribution in [0.4, 0.5) is 4.39 Å². The molecule has 2 nitrogen and oxygen atoms in total. The summed E-state index contributed by atoms with van der Waals surface area (Å²) < 4.78 is 19.9. The van der Waals surface area contributed by atoms with Crippen LogP contribution in [0.15, 0.2) is 12.1 Å². The fourth-order valence-electron chi connectivity index (χ4n) is 7.68. The first-order valence-corrected chi connectivity index (χ1v) is 16.7. The molecule has 0 unspecified atom stereocenters. The molecule has 4 rings (SSSR count). The van der Waals surface area contributed by atoms with Crippen LogP contribution in [-0.4, -0.2) is 15.5 Å². The average molecular weight is 501 g/mol. The van der Waals surface area contributed by atoms with E-state index in [0.29, 0.717) is 5.56 Å². The summed E-state index contributed by atoms with van der Waals surface area (Å²) in [6.07, 6.45) is 18.8. The Morgan fingerprint density at radius 1 is 0.857 bits per heavy atom. The topological polar surface area (TPSA) is 26.3 Å². The Hall–Kier alpha value is -1.16. The zero-order valence-electron chi connectivity index (χ0n) is 22.6. The molecule has 0 bridgehead atoms. The molecule has 35 heavy (non-hydrogen) atoms. The summed E-state index contributed by atoms with van der Waals surface area (Å²) in [5.41, 5.74) is 2.72. The van der Waals surface area contributed by atoms with Crippen molar-refractivity contribution in [2.24, 2.45) is 29.6 Å². The van der Waals surface area contributed by atoms with E-state index in [1.807, 2.05) is 19.9 Å². The number of carbonyl (C=O) groups excluding carboxylic acids is 1. The number of esters is 1. The SMILES string of the molecule is CC[SiH2]C1CCC(CCC2CCC(C3CCC(C(=O)Oc4c(C)cc(C)cc4F)CC3)CC2)CC1. The minimum Gasteiger partial charge on any atom is -0.423 e. The third-order valence-electron chi connectivity index (χ3n) is 9.89. The smallest absolute Gasteiger partial charge is 0.314 e. The summed E-state index contributed by atoms with van der Waals surface area (Å²) in [4.78, 5) is 12.7. The highest BCUT2D eigenvalue weighted by Crippen LogP contribution is 2.44. The van der Waals surface area contributed by atoms with Crippen LogP contribution in [0.1, 0.15) is 108 Å². The van der Waals surface area contributed by atoms with Crippen LogP contribution in [0.2, 0.25) is 11.6 Å². The fourth-order valence-corrected chi connectivity index (χ4v) is 9.54. The number of rotatable bonds is 8. The average Bonchev–Trinajstić information content (AvgIpc) is 2.86. The highest BCUT2D eigenvalue weighted by molar-refractivity contribution is 6.37. The molecule has 0 radical (unpaired) electrons. The van der Waals surface area contributed by atoms with E-state index in [2.05, 4.69) is 6.92 Å². The standard InChI is InChI=1S/C31H49FO2Si/c1-4-35-28-17-9-24(10-18-28)6-5-23-7-11-25(12-8-23)26-13-15-27(16-14-26)31(33)34-30-22(3)19-21(2)20-29(30)32/h19-20,23-28H,4-18,35H2,1-3H3. The van der Waals surface area contributed by atoms with Gasteiger partial charge in [0.05, 0.1) is 5.92 Å². The normalized spacial score (nSPS) is 32.1. The third-order valence-corrected chi connectivity index (χ3v) is 12.1. The van der Waals surface area contributed by atoms with Gasteiger partial charge in [-0.2, -0.15) is 0 Å². The van der Waals surface area contributed by atoms with E-state index < -0.39 is 5.82 Å². The highest BCUT2D eigenvalue weighted by Gasteiger charge is 2.34.